The summed E-state index contributed by atoms with van der Waals surface area (Å²) in [6, 6.07) is 12.3. The molecule has 0 saturated carbocycles. The van der Waals surface area contributed by atoms with Crippen LogP contribution in [0.3, 0.4) is 0 Å². The fourth-order valence-corrected chi connectivity index (χ4v) is 2.92. The monoisotopic (exact) mass is 438 g/mol. The highest BCUT2D eigenvalue weighted by molar-refractivity contribution is 9.11. The highest BCUT2D eigenvalue weighted by Gasteiger charge is 2.10. The summed E-state index contributed by atoms with van der Waals surface area (Å²) in [6.45, 7) is 3.65. The maximum Gasteiger partial charge on any atom is 0.255 e. The lowest BCUT2D eigenvalue weighted by Gasteiger charge is -2.10. The van der Waals surface area contributed by atoms with Gasteiger partial charge < -0.3 is 10.6 Å². The molecule has 6 heteroatoms. The molecule has 2 rings (SSSR count). The molecule has 120 valence electrons. The predicted octanol–water partition coefficient (Wildman–Crippen LogP) is 5.06. The fraction of sp³-hybridized carbons (Fsp3) is 0.176. The summed E-state index contributed by atoms with van der Waals surface area (Å²) in [7, 11) is 0. The molecule has 23 heavy (non-hydrogen) atoms. The maximum absolute atomic E-state index is 12.3. The molecule has 2 aromatic rings. The van der Waals surface area contributed by atoms with Crippen molar-refractivity contribution in [3.8, 4) is 0 Å². The van der Waals surface area contributed by atoms with E-state index in [9.17, 15) is 9.59 Å². The van der Waals surface area contributed by atoms with Gasteiger partial charge in [0.05, 0.1) is 5.69 Å². The second-order valence-electron chi connectivity index (χ2n) is 5.30. The van der Waals surface area contributed by atoms with Crippen molar-refractivity contribution >= 4 is 55.0 Å². The van der Waals surface area contributed by atoms with Gasteiger partial charge in [0.25, 0.3) is 5.91 Å². The molecule has 0 atom stereocenters. The van der Waals surface area contributed by atoms with Gasteiger partial charge in [-0.3, -0.25) is 9.59 Å². The summed E-state index contributed by atoms with van der Waals surface area (Å²) in [4.78, 5) is 23.9. The number of halogens is 2. The van der Waals surface area contributed by atoms with Crippen LogP contribution in [0.4, 0.5) is 11.4 Å². The molecule has 0 bridgehead atoms. The van der Waals surface area contributed by atoms with Crippen molar-refractivity contribution in [2.24, 2.45) is 5.92 Å². The summed E-state index contributed by atoms with van der Waals surface area (Å²) in [5, 5.41) is 5.63. The van der Waals surface area contributed by atoms with E-state index >= 15 is 0 Å². The lowest BCUT2D eigenvalue weighted by molar-refractivity contribution is -0.118. The Bertz CT molecular complexity index is 728. The van der Waals surface area contributed by atoms with Gasteiger partial charge in [-0.05, 0) is 58.4 Å². The van der Waals surface area contributed by atoms with Crippen molar-refractivity contribution in [2.45, 2.75) is 13.8 Å². The van der Waals surface area contributed by atoms with Crippen molar-refractivity contribution in [3.63, 3.8) is 0 Å². The van der Waals surface area contributed by atoms with Crippen LogP contribution in [0.25, 0.3) is 0 Å². The predicted molar refractivity (Wildman–Crippen MR) is 99.7 cm³/mol. The number of hydrogen-bond donors (Lipinski definition) is 2. The second-order valence-corrected chi connectivity index (χ2v) is 7.07. The number of carbonyl (C=O) groups excluding carboxylic acids is 2. The van der Waals surface area contributed by atoms with E-state index in [-0.39, 0.29) is 17.7 Å². The van der Waals surface area contributed by atoms with Crippen LogP contribution in [0.15, 0.2) is 51.4 Å². The third kappa shape index (κ3) is 4.91. The molecule has 0 fully saturated rings. The number of benzene rings is 2. The van der Waals surface area contributed by atoms with Gasteiger partial charge in [0.15, 0.2) is 0 Å². The lowest BCUT2D eigenvalue weighted by atomic mass is 10.1. The van der Waals surface area contributed by atoms with Crippen molar-refractivity contribution in [1.29, 1.82) is 0 Å². The number of amides is 2. The Balaban J connectivity index is 2.07. The molecule has 4 nitrogen and oxygen atoms in total. The van der Waals surface area contributed by atoms with Crippen LogP contribution < -0.4 is 10.6 Å². The molecular weight excluding hydrogens is 424 g/mol. The highest BCUT2D eigenvalue weighted by atomic mass is 79.9. The maximum atomic E-state index is 12.3. The molecule has 2 aromatic carbocycles. The van der Waals surface area contributed by atoms with E-state index in [0.29, 0.717) is 16.9 Å². The molecule has 0 aliphatic heterocycles. The number of carbonyl (C=O) groups is 2. The zero-order valence-electron chi connectivity index (χ0n) is 12.7. The van der Waals surface area contributed by atoms with Gasteiger partial charge in [-0.25, -0.2) is 0 Å². The molecule has 2 amide bonds. The third-order valence-corrected chi connectivity index (χ3v) is 4.27. The highest BCUT2D eigenvalue weighted by Crippen LogP contribution is 2.26. The van der Waals surface area contributed by atoms with Crippen LogP contribution >= 0.6 is 31.9 Å². The topological polar surface area (TPSA) is 58.2 Å². The number of hydrogen-bond acceptors (Lipinski definition) is 2. The summed E-state index contributed by atoms with van der Waals surface area (Å²) < 4.78 is 1.72. The molecule has 0 saturated heterocycles. The van der Waals surface area contributed by atoms with Gasteiger partial charge >= 0.3 is 0 Å². The third-order valence-electron chi connectivity index (χ3n) is 3.12. The second kappa shape index (κ2) is 7.75. The van der Waals surface area contributed by atoms with E-state index in [1.54, 1.807) is 24.3 Å². The Morgan fingerprint density at radius 1 is 0.957 bits per heavy atom. The van der Waals surface area contributed by atoms with Crippen molar-refractivity contribution < 1.29 is 9.59 Å². The molecule has 2 N–H and O–H groups in total. The minimum Gasteiger partial charge on any atom is -0.326 e. The van der Waals surface area contributed by atoms with Crippen LogP contribution in [0, 0.1) is 5.92 Å². The SMILES string of the molecule is CC(C)C(=O)Nc1ccc(C(=O)Nc2ccc(Br)cc2Br)cc1. The summed E-state index contributed by atoms with van der Waals surface area (Å²) in [5.41, 5.74) is 1.88. The number of nitrogens with one attached hydrogen (secondary N) is 2. The zero-order chi connectivity index (χ0) is 17.0. The Labute approximate surface area is 151 Å². The van der Waals surface area contributed by atoms with Crippen LogP contribution in [-0.2, 0) is 4.79 Å². The molecule has 0 radical (unpaired) electrons. The smallest absolute Gasteiger partial charge is 0.255 e. The van der Waals surface area contributed by atoms with Crippen LogP contribution in [-0.4, -0.2) is 11.8 Å². The summed E-state index contributed by atoms with van der Waals surface area (Å²) >= 11 is 6.78. The first-order valence-corrected chi connectivity index (χ1v) is 8.62. The number of rotatable bonds is 4. The van der Waals surface area contributed by atoms with E-state index in [2.05, 4.69) is 42.5 Å². The average Bonchev–Trinajstić information content (AvgIpc) is 2.50. The molecule has 0 unspecified atom stereocenters. The van der Waals surface area contributed by atoms with Crippen LogP contribution in [0.1, 0.15) is 24.2 Å². The van der Waals surface area contributed by atoms with E-state index in [4.69, 9.17) is 0 Å². The molecule has 0 aromatic heterocycles. The average molecular weight is 440 g/mol. The zero-order valence-corrected chi connectivity index (χ0v) is 15.9. The largest absolute Gasteiger partial charge is 0.326 e. The first kappa shape index (κ1) is 17.7. The van der Waals surface area contributed by atoms with E-state index in [0.717, 1.165) is 8.95 Å². The number of anilines is 2. The van der Waals surface area contributed by atoms with Gasteiger partial charge in [0.2, 0.25) is 5.91 Å². The summed E-state index contributed by atoms with van der Waals surface area (Å²) in [5.74, 6) is -0.358. The minimum absolute atomic E-state index is 0.0546. The van der Waals surface area contributed by atoms with Crippen LogP contribution in [0.2, 0.25) is 0 Å². The fourth-order valence-electron chi connectivity index (χ4n) is 1.78. The van der Waals surface area contributed by atoms with E-state index in [1.807, 2.05) is 32.0 Å². The molecule has 0 spiro atoms. The van der Waals surface area contributed by atoms with Crippen LogP contribution in [0.5, 0.6) is 0 Å². The van der Waals surface area contributed by atoms with Gasteiger partial charge in [-0.15, -0.1) is 0 Å². The van der Waals surface area contributed by atoms with Gasteiger partial charge in [0, 0.05) is 26.1 Å². The Hall–Kier alpha value is -1.66. The molecule has 0 aliphatic carbocycles. The van der Waals surface area contributed by atoms with Gasteiger partial charge in [-0.1, -0.05) is 29.8 Å². The first-order valence-electron chi connectivity index (χ1n) is 7.04. The summed E-state index contributed by atoms with van der Waals surface area (Å²) in [6.07, 6.45) is 0. The molecule has 0 aliphatic rings. The van der Waals surface area contributed by atoms with E-state index in [1.165, 1.54) is 0 Å². The standard InChI is InChI=1S/C17H16Br2N2O2/c1-10(2)16(22)20-13-6-3-11(4-7-13)17(23)21-15-8-5-12(18)9-14(15)19/h3-10H,1-2H3,(H,20,22)(H,21,23). The molecule has 0 heterocycles. The normalized spacial score (nSPS) is 10.5. The van der Waals surface area contributed by atoms with E-state index < -0.39 is 0 Å². The van der Waals surface area contributed by atoms with Crippen molar-refractivity contribution in [2.75, 3.05) is 10.6 Å². The lowest BCUT2D eigenvalue weighted by Crippen LogP contribution is -2.18. The Morgan fingerprint density at radius 3 is 2.17 bits per heavy atom. The Kier molecular flexibility index (Phi) is 5.96. The van der Waals surface area contributed by atoms with Gasteiger partial charge in [0.1, 0.15) is 0 Å². The van der Waals surface area contributed by atoms with Crippen molar-refractivity contribution in [1.82, 2.24) is 0 Å². The molecular formula is C17H16Br2N2O2. The van der Waals surface area contributed by atoms with Gasteiger partial charge in [-0.2, -0.15) is 0 Å². The quantitative estimate of drug-likeness (QED) is 0.699. The van der Waals surface area contributed by atoms with Crippen molar-refractivity contribution in [3.05, 3.63) is 57.0 Å². The Morgan fingerprint density at radius 2 is 1.61 bits per heavy atom. The first-order chi connectivity index (χ1) is 10.9. The minimum atomic E-state index is -0.213.